The first-order chi connectivity index (χ1) is 12.1. The van der Waals surface area contributed by atoms with Gasteiger partial charge in [-0.05, 0) is 38.1 Å². The molecule has 5 atom stereocenters. The van der Waals surface area contributed by atoms with E-state index in [-0.39, 0.29) is 17.5 Å². The highest BCUT2D eigenvalue weighted by Gasteiger charge is 2.64. The third-order valence-corrected chi connectivity index (χ3v) is 6.65. The van der Waals surface area contributed by atoms with E-state index in [1.165, 1.54) is 11.1 Å². The lowest BCUT2D eigenvalue weighted by Gasteiger charge is -2.56. The van der Waals surface area contributed by atoms with Crippen molar-refractivity contribution in [1.29, 1.82) is 0 Å². The smallest absolute Gasteiger partial charge is 0.311 e. The molecule has 1 unspecified atom stereocenters. The minimum absolute atomic E-state index is 0.205. The highest BCUT2D eigenvalue weighted by molar-refractivity contribution is 5.74. The summed E-state index contributed by atoms with van der Waals surface area (Å²) in [6, 6.07) is 4.36. The summed E-state index contributed by atoms with van der Waals surface area (Å²) < 4.78 is 11.8. The molecule has 5 heteroatoms. The minimum Gasteiger partial charge on any atom is -0.482 e. The van der Waals surface area contributed by atoms with Gasteiger partial charge in [0.1, 0.15) is 12.2 Å². The monoisotopic (exact) mass is 341 g/mol. The van der Waals surface area contributed by atoms with Crippen LogP contribution in [0.3, 0.4) is 0 Å². The van der Waals surface area contributed by atoms with E-state index >= 15 is 0 Å². The molecule has 1 N–H and O–H groups in total. The summed E-state index contributed by atoms with van der Waals surface area (Å²) in [5.41, 5.74) is 2.24. The van der Waals surface area contributed by atoms with Gasteiger partial charge < -0.3 is 19.5 Å². The normalized spacial score (nSPS) is 37.4. The van der Waals surface area contributed by atoms with Crippen LogP contribution in [0.5, 0.6) is 11.5 Å². The van der Waals surface area contributed by atoms with E-state index in [2.05, 4.69) is 24.1 Å². The van der Waals surface area contributed by atoms with Gasteiger partial charge in [0.25, 0.3) is 0 Å². The first-order valence-corrected chi connectivity index (χ1v) is 9.16. The topological polar surface area (TPSA) is 59.0 Å². The predicted molar refractivity (Wildman–Crippen MR) is 91.8 cm³/mol. The van der Waals surface area contributed by atoms with Gasteiger partial charge in [-0.25, -0.2) is 0 Å². The molecule has 0 radical (unpaired) electrons. The fourth-order valence-corrected chi connectivity index (χ4v) is 5.50. The number of ether oxygens (including phenoxy) is 2. The molecular formula is C20H23NO4. The van der Waals surface area contributed by atoms with Crippen LogP contribution < -0.4 is 9.47 Å². The molecule has 2 aliphatic heterocycles. The first kappa shape index (κ1) is 15.4. The zero-order chi connectivity index (χ0) is 17.3. The standard InChI is InChI=1S/C20H23NO4/c1-3-16(23)24-15-7-4-11-10-13-12-5-6-14(22)19-20(12,8-9-21(13)2)17(11)18(15)25-19/h4-7,12-14,19,22H,3,8-10H2,1-2H3/t12-,13?,14-,19-,20-/m0/s1. The van der Waals surface area contributed by atoms with Crippen LogP contribution in [0.15, 0.2) is 24.3 Å². The molecule has 5 rings (SSSR count). The molecule has 25 heavy (non-hydrogen) atoms. The molecule has 1 aromatic rings. The largest absolute Gasteiger partial charge is 0.482 e. The van der Waals surface area contributed by atoms with Gasteiger partial charge >= 0.3 is 5.97 Å². The summed E-state index contributed by atoms with van der Waals surface area (Å²) >= 11 is 0. The van der Waals surface area contributed by atoms with Gasteiger partial charge in [0.15, 0.2) is 11.5 Å². The molecule has 0 saturated carbocycles. The predicted octanol–water partition coefficient (Wildman–Crippen LogP) is 1.81. The van der Waals surface area contributed by atoms with Crippen LogP contribution in [0.2, 0.25) is 0 Å². The van der Waals surface area contributed by atoms with Gasteiger partial charge in [0, 0.05) is 29.4 Å². The molecule has 4 aliphatic rings. The van der Waals surface area contributed by atoms with Gasteiger partial charge in [-0.2, -0.15) is 0 Å². The number of esters is 1. The number of hydrogen-bond donors (Lipinski definition) is 1. The Kier molecular flexibility index (Phi) is 3.13. The number of carbonyl (C=O) groups is 1. The van der Waals surface area contributed by atoms with Crippen molar-refractivity contribution >= 4 is 5.97 Å². The van der Waals surface area contributed by atoms with Crippen LogP contribution in [-0.2, 0) is 16.6 Å². The lowest BCUT2D eigenvalue weighted by atomic mass is 9.53. The van der Waals surface area contributed by atoms with E-state index in [0.717, 1.165) is 19.4 Å². The fraction of sp³-hybridized carbons (Fsp3) is 0.550. The number of nitrogens with zero attached hydrogens (tertiary/aromatic N) is 1. The maximum absolute atomic E-state index is 11.8. The molecule has 1 saturated heterocycles. The van der Waals surface area contributed by atoms with Crippen molar-refractivity contribution in [2.75, 3.05) is 13.6 Å². The summed E-state index contributed by atoms with van der Waals surface area (Å²) in [5.74, 6) is 1.24. The number of carbonyl (C=O) groups excluding carboxylic acids is 1. The van der Waals surface area contributed by atoms with Crippen LogP contribution in [0, 0.1) is 5.92 Å². The minimum atomic E-state index is -0.631. The molecule has 1 spiro atoms. The zero-order valence-corrected chi connectivity index (χ0v) is 14.6. The number of rotatable bonds is 2. The average Bonchev–Trinajstić information content (AvgIpc) is 2.96. The van der Waals surface area contributed by atoms with E-state index in [1.54, 1.807) is 6.92 Å². The quantitative estimate of drug-likeness (QED) is 0.505. The highest BCUT2D eigenvalue weighted by atomic mass is 16.6. The van der Waals surface area contributed by atoms with Crippen LogP contribution in [0.25, 0.3) is 0 Å². The van der Waals surface area contributed by atoms with E-state index in [0.29, 0.717) is 29.9 Å². The Labute approximate surface area is 147 Å². The van der Waals surface area contributed by atoms with Crippen LogP contribution in [0.1, 0.15) is 30.9 Å². The van der Waals surface area contributed by atoms with Gasteiger partial charge in [0.05, 0.1) is 0 Å². The van der Waals surface area contributed by atoms with Crippen LogP contribution >= 0.6 is 0 Å². The molecule has 2 heterocycles. The number of benzene rings is 1. The summed E-state index contributed by atoms with van der Waals surface area (Å²) in [4.78, 5) is 14.3. The number of aliphatic hydroxyl groups is 1. The van der Waals surface area contributed by atoms with Crippen molar-refractivity contribution in [3.8, 4) is 11.5 Å². The Hall–Kier alpha value is -1.85. The number of likely N-dealkylation sites (tertiary alicyclic amines) is 1. The molecule has 1 aromatic carbocycles. The van der Waals surface area contributed by atoms with E-state index in [1.807, 2.05) is 12.1 Å². The Morgan fingerprint density at radius 1 is 1.44 bits per heavy atom. The van der Waals surface area contributed by atoms with E-state index in [9.17, 15) is 9.90 Å². The Morgan fingerprint density at radius 2 is 2.28 bits per heavy atom. The van der Waals surface area contributed by atoms with Crippen molar-refractivity contribution in [3.63, 3.8) is 0 Å². The SMILES string of the molecule is CCC(=O)Oc1ccc2c3c1O[C@H]1[C@@H](O)C=C[C@H]4C(C2)N(C)CC[C@@]341. The average molecular weight is 341 g/mol. The lowest BCUT2D eigenvalue weighted by Crippen LogP contribution is -2.64. The molecule has 2 aliphatic carbocycles. The molecule has 132 valence electrons. The van der Waals surface area contributed by atoms with Gasteiger partial charge in [-0.1, -0.05) is 25.1 Å². The molecule has 0 aromatic heterocycles. The second-order valence-electron chi connectivity index (χ2n) is 7.74. The van der Waals surface area contributed by atoms with Crippen molar-refractivity contribution in [3.05, 3.63) is 35.4 Å². The molecule has 5 nitrogen and oxygen atoms in total. The number of piperidine rings is 1. The van der Waals surface area contributed by atoms with Crippen LogP contribution in [0.4, 0.5) is 0 Å². The summed E-state index contributed by atoms with van der Waals surface area (Å²) in [6.45, 7) is 2.77. The summed E-state index contributed by atoms with van der Waals surface area (Å²) in [5, 5.41) is 10.6. The Morgan fingerprint density at radius 3 is 3.08 bits per heavy atom. The van der Waals surface area contributed by atoms with Gasteiger partial charge in [0.2, 0.25) is 0 Å². The van der Waals surface area contributed by atoms with Crippen molar-refractivity contribution < 1.29 is 19.4 Å². The lowest BCUT2D eigenvalue weighted by molar-refractivity contribution is -0.134. The highest BCUT2D eigenvalue weighted by Crippen LogP contribution is 2.62. The zero-order valence-electron chi connectivity index (χ0n) is 14.6. The first-order valence-electron chi connectivity index (χ1n) is 9.16. The third-order valence-electron chi connectivity index (χ3n) is 6.65. The van der Waals surface area contributed by atoms with Gasteiger partial charge in [-0.15, -0.1) is 0 Å². The van der Waals surface area contributed by atoms with Crippen LogP contribution in [-0.4, -0.2) is 47.8 Å². The Balaban J connectivity index is 1.72. The maximum atomic E-state index is 11.8. The van der Waals surface area contributed by atoms with Crippen molar-refractivity contribution in [2.24, 2.45) is 5.92 Å². The fourth-order valence-electron chi connectivity index (χ4n) is 5.50. The summed E-state index contributed by atoms with van der Waals surface area (Å²) in [6.07, 6.45) is 5.38. The summed E-state index contributed by atoms with van der Waals surface area (Å²) in [7, 11) is 2.19. The Bertz CT molecular complexity index is 788. The van der Waals surface area contributed by atoms with E-state index in [4.69, 9.17) is 9.47 Å². The molecule has 0 amide bonds. The van der Waals surface area contributed by atoms with Crippen molar-refractivity contribution in [2.45, 2.75) is 49.9 Å². The second-order valence-corrected chi connectivity index (χ2v) is 7.74. The maximum Gasteiger partial charge on any atom is 0.311 e. The third kappa shape index (κ3) is 1.83. The number of aliphatic hydroxyl groups excluding tert-OH is 1. The molecular weight excluding hydrogens is 318 g/mol. The van der Waals surface area contributed by atoms with Crippen molar-refractivity contribution in [1.82, 2.24) is 4.90 Å². The van der Waals surface area contributed by atoms with Gasteiger partial charge in [-0.3, -0.25) is 4.79 Å². The number of hydrogen-bond acceptors (Lipinski definition) is 5. The molecule has 2 bridgehead atoms. The second kappa shape index (κ2) is 5.08. The van der Waals surface area contributed by atoms with E-state index < -0.39 is 6.10 Å². The number of likely N-dealkylation sites (N-methyl/N-ethyl adjacent to an activating group) is 1. The molecule has 1 fully saturated rings.